The second-order valence-corrected chi connectivity index (χ2v) is 2.55. The fraction of sp³-hybridized carbons (Fsp3) is 0.600. The zero-order valence-corrected chi connectivity index (χ0v) is 6.23. The van der Waals surface area contributed by atoms with Crippen molar-refractivity contribution in [2.75, 3.05) is 0 Å². The summed E-state index contributed by atoms with van der Waals surface area (Å²) in [6.45, 7) is 0. The van der Waals surface area contributed by atoms with Gasteiger partial charge in [0.05, 0.1) is 11.4 Å². The van der Waals surface area contributed by atoms with Crippen LogP contribution in [0.4, 0.5) is 0 Å². The zero-order chi connectivity index (χ0) is 8.15. The summed E-state index contributed by atoms with van der Waals surface area (Å²) < 4.78 is 0. The Kier molecular flexibility index (Phi) is 3.90. The predicted molar refractivity (Wildman–Crippen MR) is 41.6 cm³/mol. The number of thiocarbonyl (C=S) groups is 1. The first-order valence-electron chi connectivity index (χ1n) is 2.78. The Morgan fingerprint density at radius 3 is 2.40 bits per heavy atom. The highest BCUT2D eigenvalue weighted by molar-refractivity contribution is 7.80. The molecule has 0 aliphatic rings. The van der Waals surface area contributed by atoms with E-state index in [0.717, 1.165) is 0 Å². The fourth-order valence-corrected chi connectivity index (χ4v) is 0.769. The number of carboxylic acids is 1. The van der Waals surface area contributed by atoms with Crippen LogP contribution in [-0.4, -0.2) is 22.1 Å². The minimum absolute atomic E-state index is 0.0860. The summed E-state index contributed by atoms with van der Waals surface area (Å²) in [6, 6.07) is -0.449. The molecule has 0 aliphatic carbocycles. The highest BCUT2D eigenvalue weighted by atomic mass is 32.1. The van der Waals surface area contributed by atoms with Gasteiger partial charge in [-0.25, -0.2) is 0 Å². The molecule has 1 atom stereocenters. The Balaban J connectivity index is 3.53. The van der Waals surface area contributed by atoms with E-state index in [1.807, 2.05) is 0 Å². The maximum atomic E-state index is 10.0. The molecule has 0 amide bonds. The molecular weight excluding hydrogens is 152 g/mol. The Labute approximate surface area is 64.2 Å². The molecule has 10 heavy (non-hydrogen) atoms. The topological polar surface area (TPSA) is 89.3 Å². The van der Waals surface area contributed by atoms with Crippen molar-refractivity contribution >= 4 is 23.2 Å². The van der Waals surface area contributed by atoms with E-state index in [2.05, 4.69) is 12.2 Å². The molecule has 0 aliphatic heterocycles. The van der Waals surface area contributed by atoms with Crippen LogP contribution in [0.15, 0.2) is 0 Å². The Morgan fingerprint density at radius 2 is 2.10 bits per heavy atom. The van der Waals surface area contributed by atoms with Gasteiger partial charge in [-0.15, -0.1) is 0 Å². The lowest BCUT2D eigenvalue weighted by Crippen LogP contribution is -2.28. The minimum atomic E-state index is -0.927. The normalized spacial score (nSPS) is 12.5. The van der Waals surface area contributed by atoms with E-state index in [0.29, 0.717) is 6.42 Å². The number of hydrogen-bond acceptors (Lipinski definition) is 3. The van der Waals surface area contributed by atoms with E-state index < -0.39 is 12.0 Å². The van der Waals surface area contributed by atoms with Gasteiger partial charge in [-0.3, -0.25) is 4.79 Å². The Hall–Kier alpha value is -0.680. The molecule has 0 saturated heterocycles. The average Bonchev–Trinajstić information content (AvgIpc) is 1.58. The van der Waals surface area contributed by atoms with E-state index in [1.54, 1.807) is 0 Å². The molecule has 5 heteroatoms. The minimum Gasteiger partial charge on any atom is -0.481 e. The molecule has 0 fully saturated rings. The van der Waals surface area contributed by atoms with Crippen LogP contribution < -0.4 is 11.5 Å². The van der Waals surface area contributed by atoms with Gasteiger partial charge in [-0.1, -0.05) is 12.2 Å². The second-order valence-electron chi connectivity index (χ2n) is 2.03. The van der Waals surface area contributed by atoms with E-state index in [4.69, 9.17) is 16.6 Å². The van der Waals surface area contributed by atoms with Gasteiger partial charge in [-0.2, -0.15) is 0 Å². The smallest absolute Gasteiger partial charge is 0.304 e. The van der Waals surface area contributed by atoms with Crippen molar-refractivity contribution in [3.05, 3.63) is 0 Å². The summed E-state index contributed by atoms with van der Waals surface area (Å²) in [5, 5.41) is 8.23. The quantitative estimate of drug-likeness (QED) is 0.483. The lowest BCUT2D eigenvalue weighted by Gasteiger charge is -2.05. The van der Waals surface area contributed by atoms with Gasteiger partial charge >= 0.3 is 5.97 Å². The number of nitrogens with two attached hydrogens (primary N) is 2. The van der Waals surface area contributed by atoms with Crippen LogP contribution in [0.5, 0.6) is 0 Å². The number of carboxylic acid groups (broad SMARTS) is 1. The van der Waals surface area contributed by atoms with Crippen LogP contribution in [-0.2, 0) is 4.79 Å². The first-order chi connectivity index (χ1) is 4.52. The molecule has 58 valence electrons. The van der Waals surface area contributed by atoms with Crippen molar-refractivity contribution in [2.45, 2.75) is 18.9 Å². The summed E-state index contributed by atoms with van der Waals surface area (Å²) >= 11 is 4.53. The van der Waals surface area contributed by atoms with Crippen LogP contribution in [0.3, 0.4) is 0 Å². The van der Waals surface area contributed by atoms with Crippen molar-refractivity contribution in [3.63, 3.8) is 0 Å². The Morgan fingerprint density at radius 1 is 1.60 bits per heavy atom. The summed E-state index contributed by atoms with van der Waals surface area (Å²) in [4.78, 5) is 10.3. The van der Waals surface area contributed by atoms with Crippen molar-refractivity contribution < 1.29 is 9.90 Å². The van der Waals surface area contributed by atoms with Crippen LogP contribution >= 0.6 is 12.2 Å². The van der Waals surface area contributed by atoms with Crippen LogP contribution in [0.2, 0.25) is 0 Å². The summed E-state index contributed by atoms with van der Waals surface area (Å²) in [7, 11) is 0. The SMILES string of the molecule is NC(=S)CC(N)CC(=O)O. The fourth-order valence-electron chi connectivity index (χ4n) is 0.555. The van der Waals surface area contributed by atoms with Crippen molar-refractivity contribution in [2.24, 2.45) is 11.5 Å². The largest absolute Gasteiger partial charge is 0.481 e. The van der Waals surface area contributed by atoms with Crippen LogP contribution in [0.1, 0.15) is 12.8 Å². The number of hydrogen-bond donors (Lipinski definition) is 3. The summed E-state index contributed by atoms with van der Waals surface area (Å²) in [5.74, 6) is -0.927. The highest BCUT2D eigenvalue weighted by Crippen LogP contribution is 1.93. The standard InChI is InChI=1S/C5H10N2O2S/c6-3(1-4(7)10)2-5(8)9/h3H,1-2,6H2,(H2,7,10)(H,8,9). The molecule has 0 aromatic heterocycles. The summed E-state index contributed by atoms with van der Waals surface area (Å²) in [6.07, 6.45) is 0.207. The lowest BCUT2D eigenvalue weighted by molar-refractivity contribution is -0.137. The van der Waals surface area contributed by atoms with E-state index >= 15 is 0 Å². The number of carbonyl (C=O) groups is 1. The van der Waals surface area contributed by atoms with Gasteiger partial charge in [0.1, 0.15) is 0 Å². The molecule has 0 saturated carbocycles. The van der Waals surface area contributed by atoms with Crippen LogP contribution in [0.25, 0.3) is 0 Å². The molecule has 0 heterocycles. The Bertz CT molecular complexity index is 133. The molecule has 0 radical (unpaired) electrons. The van der Waals surface area contributed by atoms with Crippen molar-refractivity contribution in [3.8, 4) is 0 Å². The number of rotatable bonds is 4. The maximum Gasteiger partial charge on any atom is 0.304 e. The van der Waals surface area contributed by atoms with E-state index in [1.165, 1.54) is 0 Å². The van der Waals surface area contributed by atoms with Gasteiger partial charge in [0.15, 0.2) is 0 Å². The zero-order valence-electron chi connectivity index (χ0n) is 5.41. The highest BCUT2D eigenvalue weighted by Gasteiger charge is 2.07. The third kappa shape index (κ3) is 5.46. The third-order valence-corrected chi connectivity index (χ3v) is 1.07. The van der Waals surface area contributed by atoms with Gasteiger partial charge < -0.3 is 16.6 Å². The monoisotopic (exact) mass is 162 g/mol. The first kappa shape index (κ1) is 9.32. The molecule has 0 spiro atoms. The molecule has 0 bridgehead atoms. The third-order valence-electron chi connectivity index (χ3n) is 0.900. The van der Waals surface area contributed by atoms with Gasteiger partial charge in [0.2, 0.25) is 0 Å². The van der Waals surface area contributed by atoms with Crippen LogP contribution in [0, 0.1) is 0 Å². The molecule has 0 aromatic carbocycles. The molecule has 5 N–H and O–H groups in total. The first-order valence-corrected chi connectivity index (χ1v) is 3.19. The van der Waals surface area contributed by atoms with E-state index in [9.17, 15) is 4.79 Å². The van der Waals surface area contributed by atoms with Crippen molar-refractivity contribution in [1.82, 2.24) is 0 Å². The van der Waals surface area contributed by atoms with Gasteiger partial charge in [0.25, 0.3) is 0 Å². The summed E-state index contributed by atoms with van der Waals surface area (Å²) in [5.41, 5.74) is 10.5. The molecule has 4 nitrogen and oxygen atoms in total. The average molecular weight is 162 g/mol. The molecule has 1 unspecified atom stereocenters. The van der Waals surface area contributed by atoms with Gasteiger partial charge in [0, 0.05) is 12.5 Å². The predicted octanol–water partition coefficient (Wildman–Crippen LogP) is -0.535. The molecular formula is C5H10N2O2S. The molecule has 0 rings (SSSR count). The van der Waals surface area contributed by atoms with Gasteiger partial charge in [-0.05, 0) is 0 Å². The van der Waals surface area contributed by atoms with Crippen molar-refractivity contribution in [1.29, 1.82) is 0 Å². The van der Waals surface area contributed by atoms with E-state index in [-0.39, 0.29) is 11.4 Å². The second kappa shape index (κ2) is 4.19. The maximum absolute atomic E-state index is 10.0. The number of aliphatic carboxylic acids is 1. The lowest BCUT2D eigenvalue weighted by atomic mass is 10.1. The molecule has 0 aromatic rings.